The molecule has 0 bridgehead atoms. The van der Waals surface area contributed by atoms with Crippen LogP contribution in [0, 0.1) is 29.6 Å². The average molecular weight is 240 g/mol. The van der Waals surface area contributed by atoms with E-state index in [9.17, 15) is 0 Å². The van der Waals surface area contributed by atoms with E-state index in [1.54, 1.807) is 0 Å². The third-order valence-corrected chi connectivity index (χ3v) is 4.63. The summed E-state index contributed by atoms with van der Waals surface area (Å²) < 4.78 is 5.25. The molecular weight excluding hydrogens is 208 g/mol. The molecule has 0 aromatic heterocycles. The fourth-order valence-electron chi connectivity index (χ4n) is 2.55. The van der Waals surface area contributed by atoms with E-state index in [1.165, 1.54) is 25.7 Å². The maximum atomic E-state index is 5.25. The van der Waals surface area contributed by atoms with Crippen LogP contribution in [0.25, 0.3) is 0 Å². The predicted octanol–water partition coefficient (Wildman–Crippen LogP) is 4.76. The summed E-state index contributed by atoms with van der Waals surface area (Å²) in [6, 6.07) is 0. The van der Waals surface area contributed by atoms with Gasteiger partial charge in [0.2, 0.25) is 0 Å². The third kappa shape index (κ3) is 5.90. The Kier molecular flexibility index (Phi) is 6.54. The molecule has 1 heteroatoms. The zero-order chi connectivity index (χ0) is 12.8. The molecule has 1 nitrogen and oxygen atoms in total. The van der Waals surface area contributed by atoms with Crippen molar-refractivity contribution < 1.29 is 4.74 Å². The Morgan fingerprint density at radius 1 is 0.765 bits per heavy atom. The van der Waals surface area contributed by atoms with Gasteiger partial charge in [0, 0.05) is 13.2 Å². The molecule has 102 valence electrons. The standard InChI is InChI=1S/C8H16O.C8H16/c1-7(2)8-3-5-9-6-4-8;1-6(2)7(3)8-4-5-8/h7-8H,3-6H2,1-2H3;6-8H,4-5H2,1-3H3. The Hall–Kier alpha value is -0.0400. The number of rotatable bonds is 3. The molecule has 1 saturated carbocycles. The lowest BCUT2D eigenvalue weighted by atomic mass is 9.89. The molecule has 1 aliphatic heterocycles. The summed E-state index contributed by atoms with van der Waals surface area (Å²) in [7, 11) is 0. The topological polar surface area (TPSA) is 9.23 Å². The smallest absolute Gasteiger partial charge is 0.0468 e. The van der Waals surface area contributed by atoms with Crippen LogP contribution in [0.1, 0.15) is 60.3 Å². The first-order valence-electron chi connectivity index (χ1n) is 7.60. The van der Waals surface area contributed by atoms with Gasteiger partial charge in [0.15, 0.2) is 0 Å². The monoisotopic (exact) mass is 240 g/mol. The van der Waals surface area contributed by atoms with Gasteiger partial charge in [0.1, 0.15) is 0 Å². The van der Waals surface area contributed by atoms with E-state index in [-0.39, 0.29) is 0 Å². The lowest BCUT2D eigenvalue weighted by Crippen LogP contribution is -2.19. The molecule has 17 heavy (non-hydrogen) atoms. The lowest BCUT2D eigenvalue weighted by molar-refractivity contribution is 0.0523. The molecule has 2 aliphatic rings. The normalized spacial score (nSPS) is 23.5. The Morgan fingerprint density at radius 2 is 1.29 bits per heavy atom. The fraction of sp³-hybridized carbons (Fsp3) is 1.00. The van der Waals surface area contributed by atoms with Crippen molar-refractivity contribution in [1.29, 1.82) is 0 Å². The minimum atomic E-state index is 0.855. The van der Waals surface area contributed by atoms with Gasteiger partial charge >= 0.3 is 0 Å². The van der Waals surface area contributed by atoms with Crippen molar-refractivity contribution in [2.75, 3.05) is 13.2 Å². The summed E-state index contributed by atoms with van der Waals surface area (Å²) in [6.07, 6.45) is 5.55. The summed E-state index contributed by atoms with van der Waals surface area (Å²) in [4.78, 5) is 0. The largest absolute Gasteiger partial charge is 0.381 e. The van der Waals surface area contributed by atoms with Crippen LogP contribution in [0.2, 0.25) is 0 Å². The second-order valence-corrected chi connectivity index (χ2v) is 6.63. The van der Waals surface area contributed by atoms with Gasteiger partial charge < -0.3 is 4.74 Å². The molecule has 0 spiro atoms. The van der Waals surface area contributed by atoms with E-state index in [2.05, 4.69) is 34.6 Å². The van der Waals surface area contributed by atoms with Crippen molar-refractivity contribution in [1.82, 2.24) is 0 Å². The summed E-state index contributed by atoms with van der Waals surface area (Å²) >= 11 is 0. The Balaban J connectivity index is 0.000000171. The van der Waals surface area contributed by atoms with E-state index in [0.717, 1.165) is 42.8 Å². The molecular formula is C16H32O. The minimum absolute atomic E-state index is 0.855. The minimum Gasteiger partial charge on any atom is -0.381 e. The maximum absolute atomic E-state index is 5.25. The molecule has 1 aliphatic carbocycles. The Morgan fingerprint density at radius 3 is 1.53 bits per heavy atom. The molecule has 2 fully saturated rings. The van der Waals surface area contributed by atoms with Crippen molar-refractivity contribution in [2.24, 2.45) is 29.6 Å². The van der Waals surface area contributed by atoms with Crippen molar-refractivity contribution >= 4 is 0 Å². The molecule has 1 unspecified atom stereocenters. The van der Waals surface area contributed by atoms with Crippen LogP contribution in [-0.4, -0.2) is 13.2 Å². The molecule has 0 aromatic carbocycles. The Labute approximate surface area is 108 Å². The first-order valence-corrected chi connectivity index (χ1v) is 7.60. The van der Waals surface area contributed by atoms with Gasteiger partial charge in [-0.3, -0.25) is 0 Å². The van der Waals surface area contributed by atoms with Gasteiger partial charge in [-0.15, -0.1) is 0 Å². The highest BCUT2D eigenvalue weighted by Crippen LogP contribution is 2.39. The first kappa shape index (κ1) is 15.0. The van der Waals surface area contributed by atoms with Gasteiger partial charge in [0.05, 0.1) is 0 Å². The van der Waals surface area contributed by atoms with Gasteiger partial charge in [-0.1, -0.05) is 34.6 Å². The highest BCUT2D eigenvalue weighted by Gasteiger charge is 2.29. The molecule has 1 saturated heterocycles. The zero-order valence-corrected chi connectivity index (χ0v) is 12.5. The van der Waals surface area contributed by atoms with Gasteiger partial charge in [0.25, 0.3) is 0 Å². The van der Waals surface area contributed by atoms with E-state index in [1.807, 2.05) is 0 Å². The average Bonchev–Trinajstić information content (AvgIpc) is 3.14. The number of hydrogen-bond acceptors (Lipinski definition) is 1. The molecule has 0 aromatic rings. The zero-order valence-electron chi connectivity index (χ0n) is 12.5. The van der Waals surface area contributed by atoms with Crippen LogP contribution in [0.3, 0.4) is 0 Å². The lowest BCUT2D eigenvalue weighted by Gasteiger charge is -2.24. The van der Waals surface area contributed by atoms with Gasteiger partial charge in [-0.05, 0) is 55.3 Å². The van der Waals surface area contributed by atoms with Gasteiger partial charge in [-0.25, -0.2) is 0 Å². The van der Waals surface area contributed by atoms with E-state index >= 15 is 0 Å². The first-order chi connectivity index (χ1) is 8.02. The van der Waals surface area contributed by atoms with Crippen molar-refractivity contribution in [3.8, 4) is 0 Å². The highest BCUT2D eigenvalue weighted by molar-refractivity contribution is 4.79. The molecule has 0 N–H and O–H groups in total. The third-order valence-electron chi connectivity index (χ3n) is 4.63. The van der Waals surface area contributed by atoms with Crippen LogP contribution >= 0.6 is 0 Å². The van der Waals surface area contributed by atoms with Crippen molar-refractivity contribution in [2.45, 2.75) is 60.3 Å². The highest BCUT2D eigenvalue weighted by atomic mass is 16.5. The van der Waals surface area contributed by atoms with Crippen LogP contribution in [0.5, 0.6) is 0 Å². The van der Waals surface area contributed by atoms with E-state index in [4.69, 9.17) is 4.74 Å². The SMILES string of the molecule is CC(C)C(C)C1CC1.CC(C)C1CCOCC1. The van der Waals surface area contributed by atoms with Crippen LogP contribution in [0.4, 0.5) is 0 Å². The van der Waals surface area contributed by atoms with Gasteiger partial charge in [-0.2, -0.15) is 0 Å². The maximum Gasteiger partial charge on any atom is 0.0468 e. The summed E-state index contributed by atoms with van der Waals surface area (Å²) in [6.45, 7) is 13.6. The van der Waals surface area contributed by atoms with Crippen molar-refractivity contribution in [3.63, 3.8) is 0 Å². The molecule has 2 rings (SSSR count). The van der Waals surface area contributed by atoms with Crippen LogP contribution < -0.4 is 0 Å². The fourth-order valence-corrected chi connectivity index (χ4v) is 2.55. The summed E-state index contributed by atoms with van der Waals surface area (Å²) in [5.41, 5.74) is 0. The van der Waals surface area contributed by atoms with E-state index in [0.29, 0.717) is 0 Å². The molecule has 1 heterocycles. The Bertz CT molecular complexity index is 186. The van der Waals surface area contributed by atoms with Crippen LogP contribution in [0.15, 0.2) is 0 Å². The van der Waals surface area contributed by atoms with Crippen LogP contribution in [-0.2, 0) is 4.74 Å². The van der Waals surface area contributed by atoms with E-state index < -0.39 is 0 Å². The molecule has 0 amide bonds. The number of ether oxygens (including phenoxy) is 1. The molecule has 1 atom stereocenters. The second kappa shape index (κ2) is 7.41. The molecule has 0 radical (unpaired) electrons. The second-order valence-electron chi connectivity index (χ2n) is 6.63. The summed E-state index contributed by atoms with van der Waals surface area (Å²) in [5.74, 6) is 4.76. The summed E-state index contributed by atoms with van der Waals surface area (Å²) in [5, 5.41) is 0. The predicted molar refractivity (Wildman–Crippen MR) is 75.1 cm³/mol. The number of hydrogen-bond donors (Lipinski definition) is 0. The quantitative estimate of drug-likeness (QED) is 0.691. The van der Waals surface area contributed by atoms with Crippen molar-refractivity contribution in [3.05, 3.63) is 0 Å².